The van der Waals surface area contributed by atoms with E-state index in [1.54, 1.807) is 6.07 Å². The van der Waals surface area contributed by atoms with E-state index in [9.17, 15) is 9.90 Å². The van der Waals surface area contributed by atoms with Gasteiger partial charge in [-0.05, 0) is 18.4 Å². The predicted molar refractivity (Wildman–Crippen MR) is 40.3 cm³/mol. The summed E-state index contributed by atoms with van der Waals surface area (Å²) in [5.41, 5.74) is -0.0252. The van der Waals surface area contributed by atoms with Crippen molar-refractivity contribution >= 4 is 17.7 Å². The van der Waals surface area contributed by atoms with Gasteiger partial charge in [-0.25, -0.2) is 0 Å². The number of carboxylic acids is 1. The summed E-state index contributed by atoms with van der Waals surface area (Å²) < 4.78 is 0. The third-order valence-electron chi connectivity index (χ3n) is 1.18. The van der Waals surface area contributed by atoms with Crippen LogP contribution in [0.25, 0.3) is 0 Å². The molecule has 0 N–H and O–H groups in total. The van der Waals surface area contributed by atoms with E-state index in [2.05, 4.69) is 4.98 Å². The standard InChI is InChI=1S/C7H7NO2S.K/c1-11-5-2-3-6(7(9)10)8-4-5;/h2-4H,1H3,(H,9,10);/q;+1/p-1. The molecule has 1 aromatic heterocycles. The van der Waals surface area contributed by atoms with Gasteiger partial charge >= 0.3 is 51.4 Å². The SMILES string of the molecule is CSc1ccc(C(=O)[O-])nc1.[K+]. The Bertz CT molecular complexity index is 263. The second-order valence-corrected chi connectivity index (χ2v) is 2.75. The molecule has 0 atom stereocenters. The van der Waals surface area contributed by atoms with Gasteiger partial charge in [-0.2, -0.15) is 0 Å². The molecule has 58 valence electrons. The van der Waals surface area contributed by atoms with Crippen LogP contribution in [0.15, 0.2) is 23.2 Å². The molecule has 0 unspecified atom stereocenters. The minimum Gasteiger partial charge on any atom is -0.543 e. The second-order valence-electron chi connectivity index (χ2n) is 1.87. The number of carbonyl (C=O) groups excluding carboxylic acids is 1. The Hall–Kier alpha value is 0.606. The average Bonchev–Trinajstić information content (AvgIpc) is 2.05. The molecular weight excluding hydrogens is 201 g/mol. The van der Waals surface area contributed by atoms with Gasteiger partial charge in [0.05, 0.1) is 11.7 Å². The zero-order chi connectivity index (χ0) is 8.27. The van der Waals surface area contributed by atoms with E-state index in [1.807, 2.05) is 6.26 Å². The number of aromatic nitrogens is 1. The Morgan fingerprint density at radius 2 is 2.25 bits per heavy atom. The number of carboxylic acid groups (broad SMARTS) is 1. The van der Waals surface area contributed by atoms with Gasteiger partial charge in [0.25, 0.3) is 0 Å². The first-order valence-electron chi connectivity index (χ1n) is 2.95. The molecule has 0 saturated heterocycles. The van der Waals surface area contributed by atoms with Crippen molar-refractivity contribution in [3.05, 3.63) is 24.0 Å². The van der Waals surface area contributed by atoms with Crippen LogP contribution in [0.1, 0.15) is 10.5 Å². The molecule has 1 aromatic rings. The maximum absolute atomic E-state index is 10.2. The molecule has 0 spiro atoms. The van der Waals surface area contributed by atoms with Crippen molar-refractivity contribution in [2.75, 3.05) is 6.26 Å². The van der Waals surface area contributed by atoms with E-state index in [0.717, 1.165) is 4.90 Å². The zero-order valence-corrected chi connectivity index (χ0v) is 10.8. The molecule has 12 heavy (non-hydrogen) atoms. The van der Waals surface area contributed by atoms with Crippen molar-refractivity contribution in [2.45, 2.75) is 4.90 Å². The summed E-state index contributed by atoms with van der Waals surface area (Å²) in [6.07, 6.45) is 3.41. The number of aromatic carboxylic acids is 1. The molecule has 3 nitrogen and oxygen atoms in total. The van der Waals surface area contributed by atoms with E-state index in [4.69, 9.17) is 0 Å². The van der Waals surface area contributed by atoms with Crippen LogP contribution in [0.5, 0.6) is 0 Å². The molecular formula is C7H6KNO2S. The quantitative estimate of drug-likeness (QED) is 0.387. The molecule has 0 aliphatic rings. The number of carbonyl (C=O) groups is 1. The zero-order valence-electron chi connectivity index (χ0n) is 6.90. The molecule has 0 aliphatic heterocycles. The fourth-order valence-electron chi connectivity index (χ4n) is 0.622. The summed E-state index contributed by atoms with van der Waals surface area (Å²) in [7, 11) is 0. The van der Waals surface area contributed by atoms with Crippen LogP contribution >= 0.6 is 11.8 Å². The number of thioether (sulfide) groups is 1. The van der Waals surface area contributed by atoms with Crippen molar-refractivity contribution in [1.82, 2.24) is 4.98 Å². The number of hydrogen-bond donors (Lipinski definition) is 0. The summed E-state index contributed by atoms with van der Waals surface area (Å²) in [4.78, 5) is 14.8. The third kappa shape index (κ3) is 3.55. The Morgan fingerprint density at radius 3 is 2.58 bits per heavy atom. The van der Waals surface area contributed by atoms with Gasteiger partial charge in [-0.1, -0.05) is 0 Å². The summed E-state index contributed by atoms with van der Waals surface area (Å²) in [5, 5.41) is 10.2. The van der Waals surface area contributed by atoms with E-state index in [-0.39, 0.29) is 57.1 Å². The molecule has 0 amide bonds. The normalized spacial score (nSPS) is 8.75. The third-order valence-corrected chi connectivity index (χ3v) is 1.89. The number of rotatable bonds is 2. The van der Waals surface area contributed by atoms with Gasteiger partial charge < -0.3 is 9.90 Å². The van der Waals surface area contributed by atoms with Crippen molar-refractivity contribution in [3.8, 4) is 0 Å². The van der Waals surface area contributed by atoms with Crippen molar-refractivity contribution < 1.29 is 61.3 Å². The summed E-state index contributed by atoms with van der Waals surface area (Å²) in [6.45, 7) is 0. The minimum absolute atomic E-state index is 0. The molecule has 0 saturated carbocycles. The Balaban J connectivity index is 0.00000121. The fraction of sp³-hybridized carbons (Fsp3) is 0.143. The molecule has 0 fully saturated rings. The van der Waals surface area contributed by atoms with Crippen molar-refractivity contribution in [1.29, 1.82) is 0 Å². The molecule has 1 rings (SSSR count). The summed E-state index contributed by atoms with van der Waals surface area (Å²) >= 11 is 1.51. The smallest absolute Gasteiger partial charge is 0.543 e. The minimum atomic E-state index is -1.24. The first kappa shape index (κ1) is 12.6. The topological polar surface area (TPSA) is 53.0 Å². The first-order chi connectivity index (χ1) is 5.24. The van der Waals surface area contributed by atoms with Gasteiger partial charge in [0, 0.05) is 11.1 Å². The molecule has 0 aliphatic carbocycles. The van der Waals surface area contributed by atoms with Crippen LogP contribution in [0, 0.1) is 0 Å². The molecule has 0 bridgehead atoms. The van der Waals surface area contributed by atoms with Crippen LogP contribution in [0.3, 0.4) is 0 Å². The van der Waals surface area contributed by atoms with E-state index in [0.29, 0.717) is 0 Å². The van der Waals surface area contributed by atoms with Crippen molar-refractivity contribution in [2.24, 2.45) is 0 Å². The predicted octanol–water partition coefficient (Wildman–Crippen LogP) is -2.83. The van der Waals surface area contributed by atoms with Crippen LogP contribution in [-0.4, -0.2) is 17.2 Å². The van der Waals surface area contributed by atoms with Gasteiger partial charge in [0.15, 0.2) is 0 Å². The van der Waals surface area contributed by atoms with Crippen LogP contribution in [-0.2, 0) is 0 Å². The van der Waals surface area contributed by atoms with Crippen molar-refractivity contribution in [3.63, 3.8) is 0 Å². The summed E-state index contributed by atoms with van der Waals surface area (Å²) in [6, 6.07) is 3.13. The van der Waals surface area contributed by atoms with Gasteiger partial charge in [0.1, 0.15) is 0 Å². The molecule has 1 heterocycles. The van der Waals surface area contributed by atoms with Gasteiger partial charge in [0.2, 0.25) is 0 Å². The van der Waals surface area contributed by atoms with E-state index in [1.165, 1.54) is 24.0 Å². The Morgan fingerprint density at radius 1 is 1.58 bits per heavy atom. The summed E-state index contributed by atoms with van der Waals surface area (Å²) in [5.74, 6) is -1.24. The number of hydrogen-bond acceptors (Lipinski definition) is 4. The van der Waals surface area contributed by atoms with E-state index >= 15 is 0 Å². The fourth-order valence-corrected chi connectivity index (χ4v) is 0.984. The van der Waals surface area contributed by atoms with Crippen LogP contribution in [0.4, 0.5) is 0 Å². The van der Waals surface area contributed by atoms with Crippen LogP contribution < -0.4 is 56.5 Å². The van der Waals surface area contributed by atoms with E-state index < -0.39 is 5.97 Å². The monoisotopic (exact) mass is 207 g/mol. The first-order valence-corrected chi connectivity index (χ1v) is 4.18. The van der Waals surface area contributed by atoms with Gasteiger partial charge in [-0.3, -0.25) is 4.98 Å². The molecule has 0 aromatic carbocycles. The molecule has 0 radical (unpaired) electrons. The maximum atomic E-state index is 10.2. The number of pyridine rings is 1. The Kier molecular flexibility index (Phi) is 6.43. The maximum Gasteiger partial charge on any atom is 1.00 e. The Labute approximate surface area is 117 Å². The molecule has 5 heteroatoms. The van der Waals surface area contributed by atoms with Crippen LogP contribution in [0.2, 0.25) is 0 Å². The number of nitrogens with zero attached hydrogens (tertiary/aromatic N) is 1. The second kappa shape index (κ2) is 6.12. The largest absolute Gasteiger partial charge is 1.00 e. The van der Waals surface area contributed by atoms with Gasteiger partial charge in [-0.15, -0.1) is 11.8 Å². The average molecular weight is 207 g/mol.